The molecule has 1 heterocycles. The largest absolute Gasteiger partial charge is 0.459 e. The second-order valence-electron chi connectivity index (χ2n) is 6.53. The van der Waals surface area contributed by atoms with Crippen molar-refractivity contribution in [1.82, 2.24) is 0 Å². The number of benzene rings is 2. The van der Waals surface area contributed by atoms with E-state index in [0.29, 0.717) is 0 Å². The van der Waals surface area contributed by atoms with Crippen LogP contribution in [0.3, 0.4) is 0 Å². The Labute approximate surface area is 173 Å². The molecule has 1 aliphatic heterocycles. The molecular weight excluding hydrogens is 416 g/mol. The minimum Gasteiger partial charge on any atom is -0.459 e. The summed E-state index contributed by atoms with van der Waals surface area (Å²) >= 11 is 0. The van der Waals surface area contributed by atoms with Crippen molar-refractivity contribution >= 4 is 22.1 Å². The van der Waals surface area contributed by atoms with Gasteiger partial charge < -0.3 is 19.3 Å². The highest BCUT2D eigenvalue weighted by molar-refractivity contribution is 7.86. The lowest BCUT2D eigenvalue weighted by Gasteiger charge is -2.22. The lowest BCUT2D eigenvalue weighted by atomic mass is 10.1. The summed E-state index contributed by atoms with van der Waals surface area (Å²) in [7, 11) is -4.01. The average molecular weight is 436 g/mol. The summed E-state index contributed by atoms with van der Waals surface area (Å²) in [5.74, 6) is -1.44. The third-order valence-corrected chi connectivity index (χ3v) is 4.78. The van der Waals surface area contributed by atoms with Gasteiger partial charge in [0.25, 0.3) is 10.1 Å². The molecule has 30 heavy (non-hydrogen) atoms. The molecule has 0 bridgehead atoms. The molecule has 0 aliphatic carbocycles. The summed E-state index contributed by atoms with van der Waals surface area (Å²) in [5, 5.41) is 10.1. The fourth-order valence-electron chi connectivity index (χ4n) is 2.87. The Morgan fingerprint density at radius 1 is 0.933 bits per heavy atom. The predicted octanol–water partition coefficient (Wildman–Crippen LogP) is 1.13. The molecule has 1 fully saturated rings. The quantitative estimate of drug-likeness (QED) is 0.502. The van der Waals surface area contributed by atoms with Gasteiger partial charge in [0.05, 0.1) is 17.4 Å². The van der Waals surface area contributed by atoms with Crippen LogP contribution in [0.2, 0.25) is 0 Å². The molecule has 9 nitrogen and oxygen atoms in total. The third kappa shape index (κ3) is 5.63. The maximum atomic E-state index is 12.5. The van der Waals surface area contributed by atoms with Gasteiger partial charge in [0.1, 0.15) is 12.7 Å². The van der Waals surface area contributed by atoms with Crippen LogP contribution < -0.4 is 0 Å². The number of esters is 2. The average Bonchev–Trinajstić information content (AvgIpc) is 3.00. The molecule has 1 saturated heterocycles. The zero-order valence-corrected chi connectivity index (χ0v) is 16.7. The van der Waals surface area contributed by atoms with Gasteiger partial charge in [-0.25, -0.2) is 9.59 Å². The summed E-state index contributed by atoms with van der Waals surface area (Å²) < 4.78 is 43.8. The summed E-state index contributed by atoms with van der Waals surface area (Å²) in [5.41, 5.74) is 0.495. The van der Waals surface area contributed by atoms with Crippen molar-refractivity contribution in [2.24, 2.45) is 0 Å². The minimum absolute atomic E-state index is 0.206. The molecular formula is C20H20O9S. The van der Waals surface area contributed by atoms with E-state index in [1.54, 1.807) is 48.5 Å². The topological polar surface area (TPSA) is 125 Å². The summed E-state index contributed by atoms with van der Waals surface area (Å²) in [6.45, 7) is -0.402. The van der Waals surface area contributed by atoms with Crippen molar-refractivity contribution < 1.29 is 41.5 Å². The van der Waals surface area contributed by atoms with Crippen LogP contribution in [0.25, 0.3) is 0 Å². The zero-order valence-electron chi connectivity index (χ0n) is 15.9. The highest BCUT2D eigenvalue weighted by Crippen LogP contribution is 2.28. The highest BCUT2D eigenvalue weighted by atomic mass is 32.2. The Hall–Kier alpha value is -2.79. The standard InChI is InChI=1S/C20H20O9S/c1-30(24,25)29-17-16(28-19(22)14-10-6-3-7-11-14)15(27-20(17)23)12-26-18(21)13-8-4-2-5-9-13/h2-11,15-17,20,23H,12H2,1H3/t15-,16-,17-,20-/m0/s1. The van der Waals surface area contributed by atoms with Crippen LogP contribution in [0.15, 0.2) is 60.7 Å². The molecule has 0 spiro atoms. The van der Waals surface area contributed by atoms with E-state index in [9.17, 15) is 23.1 Å². The van der Waals surface area contributed by atoms with Crippen LogP contribution in [0.1, 0.15) is 20.7 Å². The molecule has 10 heteroatoms. The van der Waals surface area contributed by atoms with Crippen molar-refractivity contribution in [2.45, 2.75) is 24.6 Å². The Morgan fingerprint density at radius 3 is 2.00 bits per heavy atom. The Kier molecular flexibility index (Phi) is 6.83. The number of carbonyl (C=O) groups excluding carboxylic acids is 2. The van der Waals surface area contributed by atoms with Gasteiger partial charge in [-0.2, -0.15) is 8.42 Å². The molecule has 0 saturated carbocycles. The van der Waals surface area contributed by atoms with E-state index in [-0.39, 0.29) is 11.1 Å². The lowest BCUT2D eigenvalue weighted by molar-refractivity contribution is -0.128. The molecule has 0 amide bonds. The van der Waals surface area contributed by atoms with E-state index in [4.69, 9.17) is 18.4 Å². The molecule has 0 aromatic heterocycles. The van der Waals surface area contributed by atoms with Crippen molar-refractivity contribution in [3.05, 3.63) is 71.8 Å². The van der Waals surface area contributed by atoms with Crippen molar-refractivity contribution in [3.8, 4) is 0 Å². The van der Waals surface area contributed by atoms with Gasteiger partial charge in [-0.15, -0.1) is 0 Å². The summed E-state index contributed by atoms with van der Waals surface area (Å²) in [6, 6.07) is 16.1. The molecule has 1 N–H and O–H groups in total. The Morgan fingerprint density at radius 2 is 1.47 bits per heavy atom. The molecule has 0 unspecified atom stereocenters. The highest BCUT2D eigenvalue weighted by Gasteiger charge is 2.49. The van der Waals surface area contributed by atoms with Gasteiger partial charge in [-0.1, -0.05) is 36.4 Å². The molecule has 1 aliphatic rings. The van der Waals surface area contributed by atoms with Crippen molar-refractivity contribution in [1.29, 1.82) is 0 Å². The van der Waals surface area contributed by atoms with Crippen LogP contribution in [-0.4, -0.2) is 62.9 Å². The molecule has 2 aromatic carbocycles. The van der Waals surface area contributed by atoms with Gasteiger partial charge >= 0.3 is 11.9 Å². The number of hydrogen-bond acceptors (Lipinski definition) is 9. The first-order valence-electron chi connectivity index (χ1n) is 8.94. The number of aliphatic hydroxyl groups is 1. The van der Waals surface area contributed by atoms with Gasteiger partial charge in [-0.05, 0) is 24.3 Å². The van der Waals surface area contributed by atoms with Gasteiger partial charge in [-0.3, -0.25) is 4.18 Å². The number of ether oxygens (including phenoxy) is 3. The van der Waals surface area contributed by atoms with Crippen molar-refractivity contribution in [2.75, 3.05) is 12.9 Å². The fraction of sp³-hybridized carbons (Fsp3) is 0.300. The SMILES string of the molecule is CS(=O)(=O)O[C@H]1[C@@H](OC(=O)c2ccccc2)[C@H](COC(=O)c2ccccc2)O[C@@H]1O. The number of rotatable bonds is 7. The second-order valence-corrected chi connectivity index (χ2v) is 8.13. The molecule has 4 atom stereocenters. The van der Waals surface area contributed by atoms with Crippen molar-refractivity contribution in [3.63, 3.8) is 0 Å². The Balaban J connectivity index is 1.75. The van der Waals surface area contributed by atoms with Crippen LogP contribution >= 0.6 is 0 Å². The number of aliphatic hydroxyl groups excluding tert-OH is 1. The molecule has 2 aromatic rings. The molecule has 3 rings (SSSR count). The molecule has 0 radical (unpaired) electrons. The van der Waals surface area contributed by atoms with E-state index < -0.39 is 53.3 Å². The van der Waals surface area contributed by atoms with Crippen LogP contribution in [0.4, 0.5) is 0 Å². The summed E-state index contributed by atoms with van der Waals surface area (Å²) in [6.07, 6.45) is -4.93. The van der Waals surface area contributed by atoms with Crippen LogP contribution in [-0.2, 0) is 28.5 Å². The van der Waals surface area contributed by atoms with E-state index in [0.717, 1.165) is 6.26 Å². The maximum absolute atomic E-state index is 12.5. The van der Waals surface area contributed by atoms with Crippen LogP contribution in [0, 0.1) is 0 Å². The third-order valence-electron chi connectivity index (χ3n) is 4.21. The van der Waals surface area contributed by atoms with E-state index >= 15 is 0 Å². The monoisotopic (exact) mass is 436 g/mol. The Bertz CT molecular complexity index is 976. The fourth-order valence-corrected chi connectivity index (χ4v) is 3.48. The zero-order chi connectivity index (χ0) is 21.7. The smallest absolute Gasteiger partial charge is 0.338 e. The predicted molar refractivity (Wildman–Crippen MR) is 103 cm³/mol. The van der Waals surface area contributed by atoms with E-state index in [2.05, 4.69) is 0 Å². The van der Waals surface area contributed by atoms with Crippen LogP contribution in [0.5, 0.6) is 0 Å². The second kappa shape index (κ2) is 9.35. The summed E-state index contributed by atoms with van der Waals surface area (Å²) in [4.78, 5) is 24.6. The van der Waals surface area contributed by atoms with E-state index in [1.807, 2.05) is 0 Å². The maximum Gasteiger partial charge on any atom is 0.338 e. The molecule has 160 valence electrons. The number of hydrogen-bond donors (Lipinski definition) is 1. The van der Waals surface area contributed by atoms with Gasteiger partial charge in [0, 0.05) is 0 Å². The first-order chi connectivity index (χ1) is 14.2. The van der Waals surface area contributed by atoms with E-state index in [1.165, 1.54) is 12.1 Å². The first kappa shape index (κ1) is 21.9. The first-order valence-corrected chi connectivity index (χ1v) is 10.8. The number of carbonyl (C=O) groups is 2. The minimum atomic E-state index is -4.01. The van der Waals surface area contributed by atoms with Gasteiger partial charge in [0.2, 0.25) is 0 Å². The van der Waals surface area contributed by atoms with Gasteiger partial charge in [0.15, 0.2) is 18.5 Å². The lowest BCUT2D eigenvalue weighted by Crippen LogP contribution is -2.41. The normalized spacial score (nSPS) is 23.7.